The van der Waals surface area contributed by atoms with Gasteiger partial charge in [0.05, 0.1) is 16.6 Å². The summed E-state index contributed by atoms with van der Waals surface area (Å²) >= 11 is 0. The Balaban J connectivity index is 1.93. The molecule has 1 heterocycles. The lowest BCUT2D eigenvalue weighted by atomic mass is 9.93. The number of halogens is 5. The van der Waals surface area contributed by atoms with E-state index in [-0.39, 0.29) is 28.8 Å². The average Bonchev–Trinajstić information content (AvgIpc) is 2.80. The third kappa shape index (κ3) is 4.29. The van der Waals surface area contributed by atoms with E-state index in [1.54, 1.807) is 30.3 Å². The number of hydrogen-bond acceptors (Lipinski definition) is 5. The maximum absolute atomic E-state index is 13.9. The first-order chi connectivity index (χ1) is 16.7. The number of nitrogens with zero attached hydrogens (tertiary/aromatic N) is 2. The minimum absolute atomic E-state index is 0.0201. The van der Waals surface area contributed by atoms with Gasteiger partial charge in [-0.15, -0.1) is 0 Å². The third-order valence-electron chi connectivity index (χ3n) is 5.67. The van der Waals surface area contributed by atoms with Crippen molar-refractivity contribution >= 4 is 20.1 Å². The van der Waals surface area contributed by atoms with E-state index in [0.717, 1.165) is 34.4 Å². The molecule has 0 aliphatic rings. The van der Waals surface area contributed by atoms with Crippen molar-refractivity contribution in [3.63, 3.8) is 0 Å². The Hall–Kier alpha value is -3.56. The molecule has 12 heteroatoms. The van der Waals surface area contributed by atoms with Gasteiger partial charge < -0.3 is 15.3 Å². The number of aliphatic hydroxyl groups is 1. The van der Waals surface area contributed by atoms with Gasteiger partial charge in [0.25, 0.3) is 16.8 Å². The zero-order chi connectivity index (χ0) is 26.5. The van der Waals surface area contributed by atoms with Gasteiger partial charge in [0.15, 0.2) is 11.5 Å². The summed E-state index contributed by atoms with van der Waals surface area (Å²) in [5.41, 5.74) is -10.2. The van der Waals surface area contributed by atoms with Gasteiger partial charge in [0, 0.05) is 12.5 Å². The highest BCUT2D eigenvalue weighted by atomic mass is 31.0. The molecule has 0 amide bonds. The van der Waals surface area contributed by atoms with Crippen LogP contribution in [0.25, 0.3) is 16.6 Å². The molecule has 0 aliphatic heterocycles. The molecule has 4 rings (SSSR count). The highest BCUT2D eigenvalue weighted by Crippen LogP contribution is 2.52. The van der Waals surface area contributed by atoms with Crippen molar-refractivity contribution in [2.75, 3.05) is 0 Å². The van der Waals surface area contributed by atoms with Crippen LogP contribution < -0.4 is 5.56 Å². The Labute approximate surface area is 202 Å². The molecule has 0 fully saturated rings. The fraction of sp³-hybridized carbons (Fsp3) is 0.167. The van der Waals surface area contributed by atoms with Crippen molar-refractivity contribution in [3.8, 4) is 17.2 Å². The molecule has 2 atom stereocenters. The molecular formula is C24H18F5N2O4P. The third-order valence-corrected chi connectivity index (χ3v) is 6.09. The maximum Gasteiger partial charge on any atom is 0.427 e. The SMILES string of the molecule is O=c1c2cc(O)c(O)cc2nc(Cc2ccccc2)n1-c1ccc(C(O)(C(F)(F)F)C(F)(F)P)cc1. The van der Waals surface area contributed by atoms with Crippen LogP contribution in [0.15, 0.2) is 71.5 Å². The molecule has 1 aromatic heterocycles. The summed E-state index contributed by atoms with van der Waals surface area (Å²) in [6, 6.07) is 14.1. The highest BCUT2D eigenvalue weighted by Gasteiger charge is 2.67. The van der Waals surface area contributed by atoms with E-state index in [1.165, 1.54) is 0 Å². The number of aromatic nitrogens is 2. The van der Waals surface area contributed by atoms with Crippen LogP contribution in [0.1, 0.15) is 17.0 Å². The van der Waals surface area contributed by atoms with Crippen LogP contribution in [0.2, 0.25) is 0 Å². The zero-order valence-corrected chi connectivity index (χ0v) is 19.3. The van der Waals surface area contributed by atoms with Gasteiger partial charge in [-0.3, -0.25) is 9.36 Å². The van der Waals surface area contributed by atoms with Crippen molar-refractivity contribution in [2.45, 2.75) is 23.9 Å². The second-order valence-electron chi connectivity index (χ2n) is 8.07. The van der Waals surface area contributed by atoms with Gasteiger partial charge in [0.2, 0.25) is 0 Å². The lowest BCUT2D eigenvalue weighted by Gasteiger charge is -2.35. The van der Waals surface area contributed by atoms with Crippen LogP contribution >= 0.6 is 9.24 Å². The Morgan fingerprint density at radius 2 is 1.47 bits per heavy atom. The molecule has 4 aromatic rings. The van der Waals surface area contributed by atoms with Gasteiger partial charge in [-0.1, -0.05) is 51.7 Å². The molecular weight excluding hydrogens is 506 g/mol. The van der Waals surface area contributed by atoms with E-state index in [0.29, 0.717) is 21.4 Å². The van der Waals surface area contributed by atoms with Crippen LogP contribution in [-0.2, 0) is 12.0 Å². The number of rotatable bonds is 5. The summed E-state index contributed by atoms with van der Waals surface area (Å²) in [5.74, 6) is -0.969. The molecule has 36 heavy (non-hydrogen) atoms. The first kappa shape index (κ1) is 25.5. The first-order valence-electron chi connectivity index (χ1n) is 10.3. The van der Waals surface area contributed by atoms with Crippen molar-refractivity contribution in [3.05, 3.63) is 94.0 Å². The maximum atomic E-state index is 13.9. The molecule has 188 valence electrons. The molecule has 0 bridgehead atoms. The monoisotopic (exact) mass is 524 g/mol. The highest BCUT2D eigenvalue weighted by molar-refractivity contribution is 7.18. The van der Waals surface area contributed by atoms with E-state index < -0.39 is 40.1 Å². The minimum Gasteiger partial charge on any atom is -0.504 e. The smallest absolute Gasteiger partial charge is 0.427 e. The lowest BCUT2D eigenvalue weighted by Crippen LogP contribution is -2.53. The predicted molar refractivity (Wildman–Crippen MR) is 125 cm³/mol. The lowest BCUT2D eigenvalue weighted by molar-refractivity contribution is -0.315. The van der Waals surface area contributed by atoms with Crippen LogP contribution in [0.5, 0.6) is 11.5 Å². The van der Waals surface area contributed by atoms with Gasteiger partial charge in [0.1, 0.15) is 5.82 Å². The van der Waals surface area contributed by atoms with Crippen molar-refractivity contribution in [1.82, 2.24) is 9.55 Å². The molecule has 0 aliphatic carbocycles. The van der Waals surface area contributed by atoms with E-state index in [9.17, 15) is 42.1 Å². The molecule has 0 saturated heterocycles. The Morgan fingerprint density at radius 1 is 0.889 bits per heavy atom. The summed E-state index contributed by atoms with van der Waals surface area (Å²) in [4.78, 5) is 17.8. The van der Waals surface area contributed by atoms with E-state index in [1.807, 2.05) is 0 Å². The van der Waals surface area contributed by atoms with Gasteiger partial charge in [-0.25, -0.2) is 4.98 Å². The second kappa shape index (κ2) is 8.83. The van der Waals surface area contributed by atoms with Gasteiger partial charge in [-0.2, -0.15) is 22.0 Å². The topological polar surface area (TPSA) is 95.6 Å². The number of fused-ring (bicyclic) bond motifs is 1. The number of benzene rings is 3. The van der Waals surface area contributed by atoms with Crippen LogP contribution in [-0.4, -0.2) is 36.7 Å². The summed E-state index contributed by atoms with van der Waals surface area (Å²) in [6.07, 6.45) is -5.62. The summed E-state index contributed by atoms with van der Waals surface area (Å²) in [7, 11) is 0.702. The summed E-state index contributed by atoms with van der Waals surface area (Å²) in [5, 5.41) is 29.6. The number of phenolic OH excluding ortho intramolecular Hbond substituents is 2. The Morgan fingerprint density at radius 3 is 2.03 bits per heavy atom. The number of phenols is 2. The molecule has 6 nitrogen and oxygen atoms in total. The molecule has 0 radical (unpaired) electrons. The van der Waals surface area contributed by atoms with Gasteiger partial charge in [-0.05, 0) is 29.3 Å². The number of aromatic hydroxyl groups is 2. The normalized spacial score (nSPS) is 14.1. The quantitative estimate of drug-likeness (QED) is 0.202. The molecule has 3 aromatic carbocycles. The van der Waals surface area contributed by atoms with E-state index in [2.05, 4.69) is 4.98 Å². The molecule has 0 spiro atoms. The van der Waals surface area contributed by atoms with Gasteiger partial charge >= 0.3 is 6.18 Å². The Bertz CT molecular complexity index is 1470. The van der Waals surface area contributed by atoms with Crippen LogP contribution in [0, 0.1) is 0 Å². The van der Waals surface area contributed by atoms with E-state index >= 15 is 0 Å². The predicted octanol–water partition coefficient (Wildman–Crippen LogP) is 4.61. The van der Waals surface area contributed by atoms with Crippen LogP contribution in [0.4, 0.5) is 22.0 Å². The molecule has 0 saturated carbocycles. The number of hydrogen-bond donors (Lipinski definition) is 3. The molecule has 2 unspecified atom stereocenters. The van der Waals surface area contributed by atoms with Crippen molar-refractivity contribution in [1.29, 1.82) is 0 Å². The summed E-state index contributed by atoms with van der Waals surface area (Å²) in [6.45, 7) is 0. The standard InChI is InChI=1S/C24H18F5N2O4P/c25-23(26,27)22(35,24(28,29)36)14-6-8-15(9-7-14)31-20(10-13-4-2-1-3-5-13)30-17-12-19(33)18(32)11-16(17)21(31)34/h1-9,11-12,32-33,35H,10,36H2. The Kier molecular flexibility index (Phi) is 6.26. The van der Waals surface area contributed by atoms with Crippen molar-refractivity contribution in [2.24, 2.45) is 0 Å². The first-order valence-corrected chi connectivity index (χ1v) is 10.9. The van der Waals surface area contributed by atoms with Crippen molar-refractivity contribution < 1.29 is 37.3 Å². The second-order valence-corrected chi connectivity index (χ2v) is 8.79. The summed E-state index contributed by atoms with van der Waals surface area (Å²) < 4.78 is 69.2. The van der Waals surface area contributed by atoms with E-state index in [4.69, 9.17) is 0 Å². The minimum atomic E-state index is -5.71. The fourth-order valence-electron chi connectivity index (χ4n) is 3.82. The molecule has 3 N–H and O–H groups in total. The van der Waals surface area contributed by atoms with Crippen LogP contribution in [0.3, 0.4) is 0 Å². The zero-order valence-electron chi connectivity index (χ0n) is 18.2. The average molecular weight is 524 g/mol. The largest absolute Gasteiger partial charge is 0.504 e. The number of alkyl halides is 5. The fourth-order valence-corrected chi connectivity index (χ4v) is 4.15.